The summed E-state index contributed by atoms with van der Waals surface area (Å²) < 4.78 is 5.48. The van der Waals surface area contributed by atoms with E-state index in [0.29, 0.717) is 39.3 Å². The summed E-state index contributed by atoms with van der Waals surface area (Å²) in [5.74, 6) is 0.800. The van der Waals surface area contributed by atoms with Crippen LogP contribution in [-0.2, 0) is 6.54 Å². The van der Waals surface area contributed by atoms with Crippen molar-refractivity contribution in [1.82, 2.24) is 19.9 Å². The largest absolute Gasteiger partial charge is 0.463 e. The summed E-state index contributed by atoms with van der Waals surface area (Å²) in [5.41, 5.74) is 2.15. The molecule has 7 nitrogen and oxygen atoms in total. The highest BCUT2D eigenvalue weighted by atomic mass is 16.3. The molecule has 0 bridgehead atoms. The molecule has 5 aromatic rings. The van der Waals surface area contributed by atoms with E-state index in [4.69, 9.17) is 4.42 Å². The van der Waals surface area contributed by atoms with Crippen LogP contribution in [-0.4, -0.2) is 32.8 Å². The van der Waals surface area contributed by atoms with Crippen molar-refractivity contribution in [3.63, 3.8) is 0 Å². The number of amides is 1. The number of pyridine rings is 1. The SMILES string of the molecule is CN(Cc1nc2ccccc2c(=O)[nH]1)C(=O)c1cc(-c2ccco2)nc2ccccc12. The van der Waals surface area contributed by atoms with Crippen molar-refractivity contribution in [1.29, 1.82) is 0 Å². The number of para-hydroxylation sites is 2. The Morgan fingerprint density at radius 1 is 0.968 bits per heavy atom. The van der Waals surface area contributed by atoms with Crippen LogP contribution >= 0.6 is 0 Å². The van der Waals surface area contributed by atoms with Crippen LogP contribution in [0, 0.1) is 0 Å². The minimum atomic E-state index is -0.226. The molecule has 1 N–H and O–H groups in total. The molecular formula is C24H18N4O3. The molecule has 0 unspecified atom stereocenters. The first-order valence-electron chi connectivity index (χ1n) is 9.77. The van der Waals surface area contributed by atoms with Gasteiger partial charge in [0.25, 0.3) is 11.5 Å². The maximum absolute atomic E-state index is 13.4. The van der Waals surface area contributed by atoms with Crippen molar-refractivity contribution in [2.75, 3.05) is 7.05 Å². The third kappa shape index (κ3) is 3.46. The van der Waals surface area contributed by atoms with Crippen LogP contribution in [0.25, 0.3) is 33.3 Å². The van der Waals surface area contributed by atoms with E-state index in [2.05, 4.69) is 15.0 Å². The van der Waals surface area contributed by atoms with E-state index >= 15 is 0 Å². The van der Waals surface area contributed by atoms with Gasteiger partial charge < -0.3 is 14.3 Å². The van der Waals surface area contributed by atoms with Gasteiger partial charge in [-0.2, -0.15) is 0 Å². The van der Waals surface area contributed by atoms with Gasteiger partial charge in [0.1, 0.15) is 11.5 Å². The molecule has 3 heterocycles. The Labute approximate surface area is 177 Å². The van der Waals surface area contributed by atoms with Gasteiger partial charge in [0.05, 0.1) is 34.8 Å². The number of hydrogen-bond acceptors (Lipinski definition) is 5. The third-order valence-corrected chi connectivity index (χ3v) is 5.12. The molecular weight excluding hydrogens is 392 g/mol. The minimum Gasteiger partial charge on any atom is -0.463 e. The summed E-state index contributed by atoms with van der Waals surface area (Å²) in [6.07, 6.45) is 1.57. The fourth-order valence-corrected chi connectivity index (χ4v) is 3.61. The second kappa shape index (κ2) is 7.53. The second-order valence-electron chi connectivity index (χ2n) is 7.24. The molecule has 0 saturated carbocycles. The molecule has 3 aromatic heterocycles. The monoisotopic (exact) mass is 410 g/mol. The highest BCUT2D eigenvalue weighted by Crippen LogP contribution is 2.26. The number of carbonyl (C=O) groups is 1. The van der Waals surface area contributed by atoms with Crippen molar-refractivity contribution in [3.8, 4) is 11.5 Å². The number of H-pyrrole nitrogens is 1. The first-order chi connectivity index (χ1) is 15.1. The summed E-state index contributed by atoms with van der Waals surface area (Å²) >= 11 is 0. The van der Waals surface area contributed by atoms with E-state index in [0.717, 1.165) is 5.39 Å². The standard InChI is InChI=1S/C24H18N4O3/c1-28(14-22-26-19-10-5-3-8-16(19)23(29)27-22)24(30)17-13-20(21-11-6-12-31-21)25-18-9-4-2-7-15(17)18/h2-13H,14H2,1H3,(H,26,27,29). The van der Waals surface area contributed by atoms with Gasteiger partial charge in [0.15, 0.2) is 5.76 Å². The molecule has 7 heteroatoms. The van der Waals surface area contributed by atoms with E-state index in [-0.39, 0.29) is 18.0 Å². The number of benzene rings is 2. The van der Waals surface area contributed by atoms with E-state index in [1.165, 1.54) is 4.90 Å². The maximum atomic E-state index is 13.4. The highest BCUT2D eigenvalue weighted by molar-refractivity contribution is 6.07. The number of fused-ring (bicyclic) bond motifs is 2. The zero-order valence-electron chi connectivity index (χ0n) is 16.7. The van der Waals surface area contributed by atoms with E-state index in [1.54, 1.807) is 49.7 Å². The first kappa shape index (κ1) is 18.7. The molecule has 0 fully saturated rings. The number of nitrogens with one attached hydrogen (secondary N) is 1. The molecule has 152 valence electrons. The fraction of sp³-hybridized carbons (Fsp3) is 0.0833. The highest BCUT2D eigenvalue weighted by Gasteiger charge is 2.19. The Kier molecular flexibility index (Phi) is 4.55. The van der Waals surface area contributed by atoms with Crippen molar-refractivity contribution in [3.05, 3.63) is 94.7 Å². The van der Waals surface area contributed by atoms with Crippen LogP contribution < -0.4 is 5.56 Å². The lowest BCUT2D eigenvalue weighted by Gasteiger charge is -2.18. The van der Waals surface area contributed by atoms with Gasteiger partial charge >= 0.3 is 0 Å². The van der Waals surface area contributed by atoms with Crippen LogP contribution in [0.3, 0.4) is 0 Å². The van der Waals surface area contributed by atoms with Crippen LogP contribution in [0.4, 0.5) is 0 Å². The van der Waals surface area contributed by atoms with Crippen LogP contribution in [0.15, 0.2) is 82.2 Å². The lowest BCUT2D eigenvalue weighted by Crippen LogP contribution is -2.28. The van der Waals surface area contributed by atoms with E-state index < -0.39 is 0 Å². The van der Waals surface area contributed by atoms with Gasteiger partial charge in [-0.1, -0.05) is 30.3 Å². The minimum absolute atomic E-state index is 0.158. The Morgan fingerprint density at radius 2 is 1.68 bits per heavy atom. The van der Waals surface area contributed by atoms with Crippen LogP contribution in [0.5, 0.6) is 0 Å². The van der Waals surface area contributed by atoms with Gasteiger partial charge in [-0.05, 0) is 36.4 Å². The summed E-state index contributed by atoms with van der Waals surface area (Å²) in [6.45, 7) is 0.158. The molecule has 0 aliphatic heterocycles. The van der Waals surface area contributed by atoms with Gasteiger partial charge in [-0.15, -0.1) is 0 Å². The summed E-state index contributed by atoms with van der Waals surface area (Å²) in [5, 5.41) is 1.26. The molecule has 0 saturated heterocycles. The first-order valence-corrected chi connectivity index (χ1v) is 9.77. The summed E-state index contributed by atoms with van der Waals surface area (Å²) in [6, 6.07) is 19.9. The van der Waals surface area contributed by atoms with Crippen LogP contribution in [0.1, 0.15) is 16.2 Å². The average Bonchev–Trinajstić information content (AvgIpc) is 3.33. The van der Waals surface area contributed by atoms with Crippen molar-refractivity contribution in [2.24, 2.45) is 0 Å². The average molecular weight is 410 g/mol. The molecule has 0 spiro atoms. The second-order valence-corrected chi connectivity index (χ2v) is 7.24. The quantitative estimate of drug-likeness (QED) is 0.483. The molecule has 1 amide bonds. The summed E-state index contributed by atoms with van der Waals surface area (Å²) in [4.78, 5) is 39.2. The van der Waals surface area contributed by atoms with Gasteiger partial charge in [0.2, 0.25) is 0 Å². The molecule has 0 atom stereocenters. The van der Waals surface area contributed by atoms with Gasteiger partial charge in [-0.3, -0.25) is 9.59 Å². The van der Waals surface area contributed by atoms with Crippen molar-refractivity contribution in [2.45, 2.75) is 6.54 Å². The number of rotatable bonds is 4. The normalized spacial score (nSPS) is 11.1. The number of aromatic nitrogens is 3. The van der Waals surface area contributed by atoms with E-state index in [9.17, 15) is 9.59 Å². The third-order valence-electron chi connectivity index (χ3n) is 5.12. The lowest BCUT2D eigenvalue weighted by molar-refractivity contribution is 0.0783. The number of furan rings is 1. The Bertz CT molecular complexity index is 1470. The molecule has 31 heavy (non-hydrogen) atoms. The molecule has 5 rings (SSSR count). The molecule has 0 radical (unpaired) electrons. The Balaban J connectivity index is 1.53. The fourth-order valence-electron chi connectivity index (χ4n) is 3.61. The smallest absolute Gasteiger partial charge is 0.258 e. The molecule has 2 aromatic carbocycles. The maximum Gasteiger partial charge on any atom is 0.258 e. The molecule has 0 aliphatic rings. The zero-order chi connectivity index (χ0) is 21.4. The van der Waals surface area contributed by atoms with Gasteiger partial charge in [0, 0.05) is 12.4 Å². The molecule has 0 aliphatic carbocycles. The number of carbonyl (C=O) groups excluding carboxylic acids is 1. The topological polar surface area (TPSA) is 92.1 Å². The zero-order valence-corrected chi connectivity index (χ0v) is 16.7. The van der Waals surface area contributed by atoms with Crippen LogP contribution in [0.2, 0.25) is 0 Å². The Morgan fingerprint density at radius 3 is 2.42 bits per heavy atom. The predicted octanol–water partition coefficient (Wildman–Crippen LogP) is 4.00. The van der Waals surface area contributed by atoms with Gasteiger partial charge in [-0.25, -0.2) is 9.97 Å². The van der Waals surface area contributed by atoms with E-state index in [1.807, 2.05) is 30.3 Å². The van der Waals surface area contributed by atoms with Crippen molar-refractivity contribution >= 4 is 27.7 Å². The van der Waals surface area contributed by atoms with Crippen molar-refractivity contribution < 1.29 is 9.21 Å². The predicted molar refractivity (Wildman–Crippen MR) is 118 cm³/mol. The number of nitrogens with zero attached hydrogens (tertiary/aromatic N) is 3. The lowest BCUT2D eigenvalue weighted by atomic mass is 10.1. The summed E-state index contributed by atoms with van der Waals surface area (Å²) in [7, 11) is 1.68. The number of aromatic amines is 1. The Hall–Kier alpha value is -4.26. The number of hydrogen-bond donors (Lipinski definition) is 1.